The Labute approximate surface area is 309 Å². The van der Waals surface area contributed by atoms with Crippen molar-refractivity contribution < 1.29 is 28.6 Å². The third-order valence-electron chi connectivity index (χ3n) is 8.92. The highest BCUT2D eigenvalue weighted by Gasteiger charge is 2.36. The first kappa shape index (κ1) is 39.7. The minimum Gasteiger partial charge on any atom is -0.492 e. The van der Waals surface area contributed by atoms with E-state index in [2.05, 4.69) is 29.6 Å². The lowest BCUT2D eigenvalue weighted by molar-refractivity contribution is -0.148. The van der Waals surface area contributed by atoms with Crippen LogP contribution in [0.2, 0.25) is 0 Å². The monoisotopic (exact) mass is 706 g/mol. The number of aryl methyl sites for hydroxylation is 6. The van der Waals surface area contributed by atoms with E-state index in [1.165, 1.54) is 0 Å². The average Bonchev–Trinajstić information content (AvgIpc) is 3.09. The first-order chi connectivity index (χ1) is 24.8. The third kappa shape index (κ3) is 11.5. The molecule has 276 valence electrons. The Balaban J connectivity index is 1.64. The van der Waals surface area contributed by atoms with Gasteiger partial charge in [0.05, 0.1) is 0 Å². The van der Waals surface area contributed by atoms with Gasteiger partial charge in [-0.2, -0.15) is 0 Å². The van der Waals surface area contributed by atoms with Gasteiger partial charge in [0.25, 0.3) is 0 Å². The number of esters is 1. The fourth-order valence-corrected chi connectivity index (χ4v) is 6.59. The molecule has 8 heteroatoms. The summed E-state index contributed by atoms with van der Waals surface area (Å²) >= 11 is 0. The lowest BCUT2D eigenvalue weighted by atomic mass is 9.98. The van der Waals surface area contributed by atoms with E-state index in [-0.39, 0.29) is 44.7 Å². The Kier molecular flexibility index (Phi) is 14.4. The number of rotatable bonds is 17. The fraction of sp³-hybridized carbons (Fsp3) is 0.386. The van der Waals surface area contributed by atoms with E-state index in [1.54, 1.807) is 4.90 Å². The van der Waals surface area contributed by atoms with Gasteiger partial charge in [-0.25, -0.2) is 0 Å². The van der Waals surface area contributed by atoms with Gasteiger partial charge < -0.3 is 24.4 Å². The van der Waals surface area contributed by atoms with Gasteiger partial charge in [-0.1, -0.05) is 110 Å². The van der Waals surface area contributed by atoms with E-state index in [1.807, 2.05) is 116 Å². The molecule has 0 saturated carbocycles. The van der Waals surface area contributed by atoms with Crippen molar-refractivity contribution in [3.05, 3.63) is 129 Å². The molecule has 0 unspecified atom stereocenters. The average molecular weight is 707 g/mol. The number of nitrogens with zero attached hydrogens (tertiary/aromatic N) is 1. The molecule has 2 amide bonds. The summed E-state index contributed by atoms with van der Waals surface area (Å²) in [4.78, 5) is 43.3. The maximum atomic E-state index is 15.0. The van der Waals surface area contributed by atoms with Gasteiger partial charge in [0.2, 0.25) is 11.8 Å². The number of hydrogen-bond donors (Lipinski definition) is 1. The van der Waals surface area contributed by atoms with Crippen molar-refractivity contribution in [2.24, 2.45) is 11.8 Å². The molecule has 52 heavy (non-hydrogen) atoms. The number of amides is 2. The van der Waals surface area contributed by atoms with Crippen molar-refractivity contribution in [2.45, 2.75) is 81.0 Å². The van der Waals surface area contributed by atoms with Gasteiger partial charge in [-0.3, -0.25) is 14.4 Å². The molecule has 0 aromatic heterocycles. The molecule has 0 aliphatic carbocycles. The zero-order valence-corrected chi connectivity index (χ0v) is 32.0. The van der Waals surface area contributed by atoms with Crippen LogP contribution < -0.4 is 14.8 Å². The molecule has 0 fully saturated rings. The molecule has 0 bridgehead atoms. The quantitative estimate of drug-likeness (QED) is 0.112. The Hall–Kier alpha value is -5.11. The van der Waals surface area contributed by atoms with Crippen LogP contribution >= 0.6 is 0 Å². The highest BCUT2D eigenvalue weighted by atomic mass is 16.5. The van der Waals surface area contributed by atoms with E-state index in [0.29, 0.717) is 6.42 Å². The SMILES string of the molecule is Cc1cc(C)c(OCC(COc2c(C)cc(C)cc2C)C(=O)N(Cc2ccccc2)[C@@H](CC(C)C)C(=O)NCC(=O)OCc2ccccc2)c(C)c1. The molecule has 8 nitrogen and oxygen atoms in total. The van der Waals surface area contributed by atoms with E-state index in [9.17, 15) is 14.4 Å². The molecule has 1 N–H and O–H groups in total. The number of carbonyl (C=O) groups excluding carboxylic acids is 3. The Morgan fingerprint density at radius 3 is 1.60 bits per heavy atom. The standard InChI is InChI=1S/C44H54N2O6/c1-29(2)19-39(43(48)45-24-40(47)50-26-37-17-13-10-14-18-37)46(25-36-15-11-9-12-16-36)44(49)38(27-51-41-32(5)20-30(3)21-33(41)6)28-52-42-34(7)22-31(4)23-35(42)8/h9-18,20-23,29,38-39H,19,24-28H2,1-8H3,(H,45,48)/t39-/m0/s1. The summed E-state index contributed by atoms with van der Waals surface area (Å²) in [7, 11) is 0. The second kappa shape index (κ2) is 18.9. The predicted octanol–water partition coefficient (Wildman–Crippen LogP) is 7.91. The molecular formula is C44H54N2O6. The molecule has 0 aliphatic rings. The van der Waals surface area contributed by atoms with Crippen molar-refractivity contribution >= 4 is 17.8 Å². The van der Waals surface area contributed by atoms with Crippen LogP contribution in [0.3, 0.4) is 0 Å². The molecule has 4 aromatic carbocycles. The summed E-state index contributed by atoms with van der Waals surface area (Å²) < 4.78 is 18.3. The number of ether oxygens (including phenoxy) is 3. The minimum atomic E-state index is -0.872. The molecule has 4 aromatic rings. The Morgan fingerprint density at radius 2 is 1.13 bits per heavy atom. The van der Waals surface area contributed by atoms with Crippen LogP contribution in [0.25, 0.3) is 0 Å². The maximum absolute atomic E-state index is 15.0. The summed E-state index contributed by atoms with van der Waals surface area (Å²) in [6.45, 7) is 16.1. The van der Waals surface area contributed by atoms with Gasteiger partial charge >= 0.3 is 5.97 Å². The summed E-state index contributed by atoms with van der Waals surface area (Å²) in [5, 5.41) is 2.77. The van der Waals surface area contributed by atoms with Gasteiger partial charge in [0.1, 0.15) is 49.8 Å². The van der Waals surface area contributed by atoms with Crippen LogP contribution in [0, 0.1) is 53.4 Å². The van der Waals surface area contributed by atoms with Crippen LogP contribution in [0.5, 0.6) is 11.5 Å². The summed E-state index contributed by atoms with van der Waals surface area (Å²) in [6, 6.07) is 26.3. The second-order valence-corrected chi connectivity index (χ2v) is 14.2. The van der Waals surface area contributed by atoms with Crippen molar-refractivity contribution in [2.75, 3.05) is 19.8 Å². The van der Waals surface area contributed by atoms with Gasteiger partial charge in [-0.05, 0) is 87.3 Å². The molecule has 0 saturated heterocycles. The van der Waals surface area contributed by atoms with E-state index in [4.69, 9.17) is 14.2 Å². The lowest BCUT2D eigenvalue weighted by Crippen LogP contribution is -2.53. The van der Waals surface area contributed by atoms with E-state index >= 15 is 0 Å². The molecule has 0 spiro atoms. The second-order valence-electron chi connectivity index (χ2n) is 14.2. The Bertz CT molecular complexity index is 1700. The van der Waals surface area contributed by atoms with E-state index < -0.39 is 23.8 Å². The first-order valence-corrected chi connectivity index (χ1v) is 18.0. The predicted molar refractivity (Wildman–Crippen MR) is 205 cm³/mol. The van der Waals surface area contributed by atoms with Crippen LogP contribution in [0.1, 0.15) is 64.8 Å². The molecule has 4 rings (SSSR count). The molecule has 0 aliphatic heterocycles. The smallest absolute Gasteiger partial charge is 0.325 e. The zero-order valence-electron chi connectivity index (χ0n) is 32.0. The van der Waals surface area contributed by atoms with Crippen LogP contribution in [-0.2, 0) is 32.3 Å². The summed E-state index contributed by atoms with van der Waals surface area (Å²) in [6.07, 6.45) is 0.379. The highest BCUT2D eigenvalue weighted by Crippen LogP contribution is 2.28. The van der Waals surface area contributed by atoms with Crippen molar-refractivity contribution in [1.29, 1.82) is 0 Å². The number of nitrogens with one attached hydrogen (secondary N) is 1. The zero-order chi connectivity index (χ0) is 37.8. The number of carbonyl (C=O) groups is 3. The third-order valence-corrected chi connectivity index (χ3v) is 8.92. The molecule has 0 radical (unpaired) electrons. The summed E-state index contributed by atoms with van der Waals surface area (Å²) in [5.74, 6) is -0.506. The van der Waals surface area contributed by atoms with Gasteiger partial charge in [-0.15, -0.1) is 0 Å². The molecular weight excluding hydrogens is 652 g/mol. The number of benzene rings is 4. The maximum Gasteiger partial charge on any atom is 0.325 e. The highest BCUT2D eigenvalue weighted by molar-refractivity contribution is 5.90. The summed E-state index contributed by atoms with van der Waals surface area (Å²) in [5.41, 5.74) is 7.89. The largest absolute Gasteiger partial charge is 0.492 e. The fourth-order valence-electron chi connectivity index (χ4n) is 6.59. The van der Waals surface area contributed by atoms with Crippen molar-refractivity contribution in [1.82, 2.24) is 10.2 Å². The van der Waals surface area contributed by atoms with Crippen LogP contribution in [0.4, 0.5) is 0 Å². The van der Waals surface area contributed by atoms with E-state index in [0.717, 1.165) is 56.0 Å². The van der Waals surface area contributed by atoms with Crippen molar-refractivity contribution in [3.63, 3.8) is 0 Å². The molecule has 1 atom stereocenters. The minimum absolute atomic E-state index is 0.0423. The normalized spacial score (nSPS) is 11.7. The van der Waals surface area contributed by atoms with Gasteiger partial charge in [0.15, 0.2) is 0 Å². The molecule has 0 heterocycles. The number of hydrogen-bond acceptors (Lipinski definition) is 6. The van der Waals surface area contributed by atoms with Crippen LogP contribution in [-0.4, -0.2) is 48.5 Å². The topological polar surface area (TPSA) is 94.2 Å². The first-order valence-electron chi connectivity index (χ1n) is 18.0. The lowest BCUT2D eigenvalue weighted by Gasteiger charge is -2.35. The van der Waals surface area contributed by atoms with Crippen LogP contribution in [0.15, 0.2) is 84.9 Å². The Morgan fingerprint density at radius 1 is 0.673 bits per heavy atom. The van der Waals surface area contributed by atoms with Gasteiger partial charge in [0, 0.05) is 6.54 Å². The van der Waals surface area contributed by atoms with Crippen molar-refractivity contribution in [3.8, 4) is 11.5 Å².